The molecule has 94 valence electrons. The maximum atomic E-state index is 11.7. The molecule has 1 saturated heterocycles. The molecule has 0 N–H and O–H groups in total. The van der Waals surface area contributed by atoms with Crippen molar-refractivity contribution in [1.29, 1.82) is 0 Å². The van der Waals surface area contributed by atoms with Crippen LogP contribution in [-0.4, -0.2) is 18.7 Å². The van der Waals surface area contributed by atoms with E-state index in [-0.39, 0.29) is 12.1 Å². The third-order valence-corrected chi connectivity index (χ3v) is 3.88. The highest BCUT2D eigenvalue weighted by molar-refractivity contribution is 7.12. The fraction of sp³-hybridized carbons (Fsp3) is 0.615. The molecule has 1 aromatic rings. The van der Waals surface area contributed by atoms with E-state index >= 15 is 0 Å². The molecule has 1 aliphatic rings. The fourth-order valence-corrected chi connectivity index (χ4v) is 2.80. The molecule has 17 heavy (non-hydrogen) atoms. The SMILES string of the molecule is CCC(=O)c1sccc1COC1CCCCO1. The molecule has 4 heteroatoms. The first kappa shape index (κ1) is 12.7. The average molecular weight is 254 g/mol. The van der Waals surface area contributed by atoms with Gasteiger partial charge in [-0.05, 0) is 36.3 Å². The van der Waals surface area contributed by atoms with E-state index in [1.807, 2.05) is 18.4 Å². The van der Waals surface area contributed by atoms with Gasteiger partial charge in [-0.25, -0.2) is 0 Å². The van der Waals surface area contributed by atoms with Crippen LogP contribution in [0.4, 0.5) is 0 Å². The standard InChI is InChI=1S/C13H18O3S/c1-2-11(14)13-10(6-8-17-13)9-16-12-5-3-4-7-15-12/h6,8,12H,2-5,7,9H2,1H3. The predicted molar refractivity (Wildman–Crippen MR) is 67.3 cm³/mol. The van der Waals surface area contributed by atoms with Crippen molar-refractivity contribution in [3.05, 3.63) is 21.9 Å². The lowest BCUT2D eigenvalue weighted by atomic mass is 10.2. The molecule has 1 aliphatic heterocycles. The first-order valence-corrected chi connectivity index (χ1v) is 7.02. The van der Waals surface area contributed by atoms with Gasteiger partial charge in [0, 0.05) is 13.0 Å². The Labute approximate surface area is 106 Å². The van der Waals surface area contributed by atoms with Crippen molar-refractivity contribution in [2.24, 2.45) is 0 Å². The molecule has 1 atom stereocenters. The number of hydrogen-bond donors (Lipinski definition) is 0. The van der Waals surface area contributed by atoms with Crippen molar-refractivity contribution in [2.75, 3.05) is 6.61 Å². The lowest BCUT2D eigenvalue weighted by Crippen LogP contribution is -2.22. The largest absolute Gasteiger partial charge is 0.353 e. The Morgan fingerprint density at radius 2 is 2.47 bits per heavy atom. The minimum atomic E-state index is -0.0896. The average Bonchev–Trinajstić information content (AvgIpc) is 2.85. The van der Waals surface area contributed by atoms with E-state index in [0.29, 0.717) is 13.0 Å². The Morgan fingerprint density at radius 3 is 3.18 bits per heavy atom. The Balaban J connectivity index is 1.89. The van der Waals surface area contributed by atoms with Crippen molar-refractivity contribution >= 4 is 17.1 Å². The van der Waals surface area contributed by atoms with Gasteiger partial charge in [-0.1, -0.05) is 6.92 Å². The predicted octanol–water partition coefficient (Wildman–Crippen LogP) is 3.38. The van der Waals surface area contributed by atoms with E-state index in [0.717, 1.165) is 36.3 Å². The van der Waals surface area contributed by atoms with Crippen LogP contribution in [-0.2, 0) is 16.1 Å². The summed E-state index contributed by atoms with van der Waals surface area (Å²) in [6.07, 6.45) is 3.70. The van der Waals surface area contributed by atoms with Gasteiger partial charge in [-0.3, -0.25) is 4.79 Å². The Morgan fingerprint density at radius 1 is 1.59 bits per heavy atom. The van der Waals surface area contributed by atoms with Crippen molar-refractivity contribution in [2.45, 2.75) is 45.5 Å². The molecule has 1 unspecified atom stereocenters. The molecule has 2 heterocycles. The summed E-state index contributed by atoms with van der Waals surface area (Å²) in [6, 6.07) is 1.97. The van der Waals surface area contributed by atoms with Gasteiger partial charge in [-0.2, -0.15) is 0 Å². The van der Waals surface area contributed by atoms with Gasteiger partial charge in [0.1, 0.15) is 0 Å². The minimum absolute atomic E-state index is 0.0896. The Kier molecular flexibility index (Phi) is 4.71. The molecule has 2 rings (SSSR count). The molecule has 0 amide bonds. The lowest BCUT2D eigenvalue weighted by Gasteiger charge is -2.22. The molecular weight excluding hydrogens is 236 g/mol. The number of ketones is 1. The molecule has 3 nitrogen and oxygen atoms in total. The van der Waals surface area contributed by atoms with Gasteiger partial charge in [0.25, 0.3) is 0 Å². The van der Waals surface area contributed by atoms with Crippen molar-refractivity contribution < 1.29 is 14.3 Å². The quantitative estimate of drug-likeness (QED) is 0.756. The van der Waals surface area contributed by atoms with Gasteiger partial charge in [0.05, 0.1) is 11.5 Å². The zero-order valence-electron chi connectivity index (χ0n) is 10.1. The Bertz CT molecular complexity index is 366. The van der Waals surface area contributed by atoms with E-state index in [9.17, 15) is 4.79 Å². The number of thiophene rings is 1. The van der Waals surface area contributed by atoms with E-state index in [1.165, 1.54) is 11.3 Å². The number of ether oxygens (including phenoxy) is 2. The first-order valence-electron chi connectivity index (χ1n) is 6.14. The highest BCUT2D eigenvalue weighted by Crippen LogP contribution is 2.22. The fourth-order valence-electron chi connectivity index (χ4n) is 1.88. The molecule has 1 fully saturated rings. The maximum absolute atomic E-state index is 11.7. The molecule has 0 bridgehead atoms. The van der Waals surface area contributed by atoms with Crippen LogP contribution in [0.1, 0.15) is 47.8 Å². The Hall–Kier alpha value is -0.710. The van der Waals surface area contributed by atoms with Crippen molar-refractivity contribution in [3.63, 3.8) is 0 Å². The summed E-state index contributed by atoms with van der Waals surface area (Å²) in [7, 11) is 0. The van der Waals surface area contributed by atoms with Crippen LogP contribution in [0.3, 0.4) is 0 Å². The summed E-state index contributed by atoms with van der Waals surface area (Å²) in [5.74, 6) is 0.197. The third-order valence-electron chi connectivity index (χ3n) is 2.88. The van der Waals surface area contributed by atoms with Crippen LogP contribution in [0.15, 0.2) is 11.4 Å². The summed E-state index contributed by atoms with van der Waals surface area (Å²) in [5, 5.41) is 1.95. The highest BCUT2D eigenvalue weighted by atomic mass is 32.1. The van der Waals surface area contributed by atoms with Crippen LogP contribution in [0, 0.1) is 0 Å². The molecule has 0 saturated carbocycles. The van der Waals surface area contributed by atoms with Gasteiger partial charge >= 0.3 is 0 Å². The van der Waals surface area contributed by atoms with E-state index in [2.05, 4.69) is 0 Å². The number of hydrogen-bond acceptors (Lipinski definition) is 4. The normalized spacial score (nSPS) is 20.4. The zero-order valence-corrected chi connectivity index (χ0v) is 10.9. The van der Waals surface area contributed by atoms with Crippen LogP contribution < -0.4 is 0 Å². The first-order chi connectivity index (χ1) is 8.31. The summed E-state index contributed by atoms with van der Waals surface area (Å²) < 4.78 is 11.2. The lowest BCUT2D eigenvalue weighted by molar-refractivity contribution is -0.168. The molecule has 1 aromatic heterocycles. The van der Waals surface area contributed by atoms with E-state index in [1.54, 1.807) is 0 Å². The van der Waals surface area contributed by atoms with Gasteiger partial charge in [-0.15, -0.1) is 11.3 Å². The second kappa shape index (κ2) is 6.28. The summed E-state index contributed by atoms with van der Waals surface area (Å²) in [4.78, 5) is 12.5. The summed E-state index contributed by atoms with van der Waals surface area (Å²) >= 11 is 1.50. The van der Waals surface area contributed by atoms with Gasteiger partial charge in [0.2, 0.25) is 0 Å². The second-order valence-electron chi connectivity index (χ2n) is 4.16. The number of carbonyl (C=O) groups excluding carboxylic acids is 1. The number of carbonyl (C=O) groups is 1. The monoisotopic (exact) mass is 254 g/mol. The second-order valence-corrected chi connectivity index (χ2v) is 5.07. The van der Waals surface area contributed by atoms with E-state index < -0.39 is 0 Å². The van der Waals surface area contributed by atoms with Crippen LogP contribution in [0.25, 0.3) is 0 Å². The van der Waals surface area contributed by atoms with Gasteiger partial charge < -0.3 is 9.47 Å². The van der Waals surface area contributed by atoms with Crippen LogP contribution >= 0.6 is 11.3 Å². The van der Waals surface area contributed by atoms with Crippen molar-refractivity contribution in [1.82, 2.24) is 0 Å². The third kappa shape index (κ3) is 3.37. The van der Waals surface area contributed by atoms with Crippen LogP contribution in [0.5, 0.6) is 0 Å². The van der Waals surface area contributed by atoms with Gasteiger partial charge in [0.15, 0.2) is 12.1 Å². The maximum Gasteiger partial charge on any atom is 0.172 e. The molecule has 0 spiro atoms. The molecular formula is C13H18O3S. The summed E-state index contributed by atoms with van der Waals surface area (Å²) in [6.45, 7) is 3.15. The molecule has 0 aromatic carbocycles. The number of rotatable bonds is 5. The van der Waals surface area contributed by atoms with Crippen LogP contribution in [0.2, 0.25) is 0 Å². The smallest absolute Gasteiger partial charge is 0.172 e. The zero-order chi connectivity index (χ0) is 12.1. The number of Topliss-reactive ketones (excluding diaryl/α,β-unsaturated/α-hetero) is 1. The molecule has 0 aliphatic carbocycles. The van der Waals surface area contributed by atoms with Crippen molar-refractivity contribution in [3.8, 4) is 0 Å². The molecule has 0 radical (unpaired) electrons. The summed E-state index contributed by atoms with van der Waals surface area (Å²) in [5.41, 5.74) is 0.996. The van der Waals surface area contributed by atoms with E-state index in [4.69, 9.17) is 9.47 Å². The highest BCUT2D eigenvalue weighted by Gasteiger charge is 2.16. The topological polar surface area (TPSA) is 35.5 Å². The minimum Gasteiger partial charge on any atom is -0.353 e.